The van der Waals surface area contributed by atoms with Crippen LogP contribution in [-0.2, 0) is 6.54 Å². The number of hydrogen-bond acceptors (Lipinski definition) is 5. The van der Waals surface area contributed by atoms with Gasteiger partial charge in [0.1, 0.15) is 5.69 Å². The van der Waals surface area contributed by atoms with Gasteiger partial charge in [-0.15, -0.1) is 0 Å². The Bertz CT molecular complexity index is 693. The average molecular weight is 304 g/mol. The normalized spacial score (nSPS) is 10.0. The summed E-state index contributed by atoms with van der Waals surface area (Å²) in [6.45, 7) is 4.45. The Morgan fingerprint density at radius 3 is 3.10 bits per heavy atom. The van der Waals surface area contributed by atoms with Gasteiger partial charge in [-0.1, -0.05) is 23.2 Å². The Hall–Kier alpha value is -2.17. The van der Waals surface area contributed by atoms with Crippen molar-refractivity contribution in [3.63, 3.8) is 0 Å². The van der Waals surface area contributed by atoms with Gasteiger partial charge in [0.25, 0.3) is 5.91 Å². The molecule has 0 bridgehead atoms. The Kier molecular flexibility index (Phi) is 5.09. The summed E-state index contributed by atoms with van der Waals surface area (Å²) in [6.07, 6.45) is 2.03. The van der Waals surface area contributed by atoms with Crippen molar-refractivity contribution in [2.75, 3.05) is 11.9 Å². The first kappa shape index (κ1) is 15.2. The number of aliphatic hydroxyl groups is 1. The number of anilines is 1. The molecular formula is C14H16N4O2S. The van der Waals surface area contributed by atoms with Crippen molar-refractivity contribution in [1.82, 2.24) is 14.8 Å². The third-order valence-electron chi connectivity index (χ3n) is 2.61. The molecule has 0 saturated heterocycles. The molecule has 110 valence electrons. The predicted molar refractivity (Wildman–Crippen MR) is 81.3 cm³/mol. The Morgan fingerprint density at radius 2 is 2.38 bits per heavy atom. The molecule has 2 aromatic heterocycles. The fraction of sp³-hybridized carbons (Fsp3) is 0.357. The van der Waals surface area contributed by atoms with Crippen molar-refractivity contribution >= 4 is 22.4 Å². The summed E-state index contributed by atoms with van der Waals surface area (Å²) in [7, 11) is 0. The summed E-state index contributed by atoms with van der Waals surface area (Å²) < 4.78 is 1.65. The fourth-order valence-corrected chi connectivity index (χ4v) is 2.41. The molecule has 0 aromatic carbocycles. The van der Waals surface area contributed by atoms with Crippen LogP contribution in [0, 0.1) is 18.8 Å². The number of aryl methyl sites for hydroxylation is 2. The molecule has 0 atom stereocenters. The maximum absolute atomic E-state index is 12.2. The van der Waals surface area contributed by atoms with Gasteiger partial charge in [-0.05, 0) is 19.9 Å². The van der Waals surface area contributed by atoms with E-state index in [0.29, 0.717) is 23.8 Å². The Labute approximate surface area is 126 Å². The van der Waals surface area contributed by atoms with Crippen molar-refractivity contribution in [1.29, 1.82) is 0 Å². The largest absolute Gasteiger partial charge is 0.395 e. The maximum atomic E-state index is 12.2. The van der Waals surface area contributed by atoms with Crippen LogP contribution in [0.4, 0.5) is 5.13 Å². The Balaban J connectivity index is 2.08. The van der Waals surface area contributed by atoms with Gasteiger partial charge in [-0.25, -0.2) is 4.98 Å². The van der Waals surface area contributed by atoms with Crippen LogP contribution in [0.1, 0.15) is 34.4 Å². The van der Waals surface area contributed by atoms with Crippen molar-refractivity contribution in [2.45, 2.75) is 26.8 Å². The van der Waals surface area contributed by atoms with Crippen LogP contribution in [0.15, 0.2) is 12.3 Å². The molecule has 7 heteroatoms. The van der Waals surface area contributed by atoms with Crippen molar-refractivity contribution in [3.8, 4) is 11.8 Å². The molecule has 0 aliphatic rings. The molecule has 0 radical (unpaired) electrons. The summed E-state index contributed by atoms with van der Waals surface area (Å²) in [5.74, 6) is 5.46. The van der Waals surface area contributed by atoms with Gasteiger partial charge in [0.05, 0.1) is 23.4 Å². The standard InChI is InChI=1S/C14H16N4O2S/c1-3-18-12(8-10(2)17-18)13(20)16-14-15-9-11(21-14)6-4-5-7-19/h8-9,19H,3,5,7H2,1-2H3,(H,15,16,20). The number of thiazole rings is 1. The van der Waals surface area contributed by atoms with Gasteiger partial charge in [0.2, 0.25) is 0 Å². The second-order valence-corrected chi connectivity index (χ2v) is 5.28. The van der Waals surface area contributed by atoms with Crippen LogP contribution >= 0.6 is 11.3 Å². The third-order valence-corrected chi connectivity index (χ3v) is 3.44. The average Bonchev–Trinajstić information content (AvgIpc) is 3.05. The van der Waals surface area contributed by atoms with Crippen molar-refractivity contribution in [3.05, 3.63) is 28.5 Å². The zero-order chi connectivity index (χ0) is 15.2. The lowest BCUT2D eigenvalue weighted by Crippen LogP contribution is -2.17. The van der Waals surface area contributed by atoms with Crippen LogP contribution < -0.4 is 5.32 Å². The van der Waals surface area contributed by atoms with Gasteiger partial charge >= 0.3 is 0 Å². The molecular weight excluding hydrogens is 288 g/mol. The lowest BCUT2D eigenvalue weighted by Gasteiger charge is -2.03. The van der Waals surface area contributed by atoms with Gasteiger partial charge < -0.3 is 5.11 Å². The molecule has 1 amide bonds. The number of carbonyl (C=O) groups excluding carboxylic acids is 1. The number of aliphatic hydroxyl groups excluding tert-OH is 1. The number of aromatic nitrogens is 3. The summed E-state index contributed by atoms with van der Waals surface area (Å²) in [6, 6.07) is 1.74. The molecule has 0 spiro atoms. The number of carbonyl (C=O) groups is 1. The molecule has 6 nitrogen and oxygen atoms in total. The number of amides is 1. The smallest absolute Gasteiger partial charge is 0.275 e. The zero-order valence-electron chi connectivity index (χ0n) is 11.9. The van der Waals surface area contributed by atoms with E-state index < -0.39 is 0 Å². The van der Waals surface area contributed by atoms with Crippen LogP contribution in [0.3, 0.4) is 0 Å². The summed E-state index contributed by atoms with van der Waals surface area (Å²) in [4.78, 5) is 17.1. The van der Waals surface area contributed by atoms with Gasteiger partial charge in [-0.2, -0.15) is 5.10 Å². The third kappa shape index (κ3) is 3.90. The molecule has 2 N–H and O–H groups in total. The highest BCUT2D eigenvalue weighted by Crippen LogP contribution is 2.18. The molecule has 0 aliphatic heterocycles. The van der Waals surface area contributed by atoms with Crippen LogP contribution in [0.2, 0.25) is 0 Å². The van der Waals surface area contributed by atoms with Crippen molar-refractivity contribution in [2.24, 2.45) is 0 Å². The van der Waals surface area contributed by atoms with Crippen LogP contribution in [0.25, 0.3) is 0 Å². The van der Waals surface area contributed by atoms with E-state index in [-0.39, 0.29) is 12.5 Å². The molecule has 2 aromatic rings. The zero-order valence-corrected chi connectivity index (χ0v) is 12.7. The molecule has 0 unspecified atom stereocenters. The fourth-order valence-electron chi connectivity index (χ4n) is 1.73. The highest BCUT2D eigenvalue weighted by atomic mass is 32.1. The van der Waals surface area contributed by atoms with Crippen LogP contribution in [-0.4, -0.2) is 32.4 Å². The molecule has 0 aliphatic carbocycles. The molecule has 2 heterocycles. The maximum Gasteiger partial charge on any atom is 0.275 e. The molecule has 2 rings (SSSR count). The summed E-state index contributed by atoms with van der Waals surface area (Å²) in [5.41, 5.74) is 1.31. The van der Waals surface area contributed by atoms with E-state index in [9.17, 15) is 4.79 Å². The highest BCUT2D eigenvalue weighted by molar-refractivity contribution is 7.16. The minimum atomic E-state index is -0.235. The van der Waals surface area contributed by atoms with Crippen LogP contribution in [0.5, 0.6) is 0 Å². The number of nitrogens with zero attached hydrogens (tertiary/aromatic N) is 3. The quantitative estimate of drug-likeness (QED) is 0.842. The monoisotopic (exact) mass is 304 g/mol. The number of rotatable bonds is 4. The van der Waals surface area contributed by atoms with Gasteiger partial charge in [0, 0.05) is 13.0 Å². The minimum absolute atomic E-state index is 0.0375. The van der Waals surface area contributed by atoms with E-state index in [1.165, 1.54) is 11.3 Å². The predicted octanol–water partition coefficient (Wildman–Crippen LogP) is 1.65. The highest BCUT2D eigenvalue weighted by Gasteiger charge is 2.14. The van der Waals surface area contributed by atoms with E-state index in [1.807, 2.05) is 13.8 Å². The first-order valence-corrected chi connectivity index (χ1v) is 7.37. The van der Waals surface area contributed by atoms with Gasteiger partial charge in [-0.3, -0.25) is 14.8 Å². The first-order valence-electron chi connectivity index (χ1n) is 6.55. The van der Waals surface area contributed by atoms with E-state index in [2.05, 4.69) is 27.2 Å². The number of hydrogen-bond donors (Lipinski definition) is 2. The molecule has 0 fully saturated rings. The lowest BCUT2D eigenvalue weighted by molar-refractivity contribution is 0.101. The molecule has 0 saturated carbocycles. The van der Waals surface area contributed by atoms with Crippen molar-refractivity contribution < 1.29 is 9.90 Å². The SMILES string of the molecule is CCn1nc(C)cc1C(=O)Nc1ncc(C#CCCO)s1. The number of nitrogens with one attached hydrogen (secondary N) is 1. The van der Waals surface area contributed by atoms with E-state index >= 15 is 0 Å². The van der Waals surface area contributed by atoms with Gasteiger partial charge in [0.15, 0.2) is 5.13 Å². The van der Waals surface area contributed by atoms with E-state index in [4.69, 9.17) is 5.11 Å². The second kappa shape index (κ2) is 7.02. The Morgan fingerprint density at radius 1 is 1.57 bits per heavy atom. The van der Waals surface area contributed by atoms with E-state index in [1.54, 1.807) is 16.9 Å². The molecule has 21 heavy (non-hydrogen) atoms. The summed E-state index contributed by atoms with van der Waals surface area (Å²) in [5, 5.41) is 16.1. The minimum Gasteiger partial charge on any atom is -0.395 e. The topological polar surface area (TPSA) is 80.0 Å². The second-order valence-electron chi connectivity index (χ2n) is 4.25. The van der Waals surface area contributed by atoms with E-state index in [0.717, 1.165) is 10.6 Å². The first-order chi connectivity index (χ1) is 10.1. The lowest BCUT2D eigenvalue weighted by atomic mass is 10.3. The summed E-state index contributed by atoms with van der Waals surface area (Å²) >= 11 is 1.30.